The molecule has 6 nitrogen and oxygen atoms in total. The van der Waals surface area contributed by atoms with Gasteiger partial charge in [-0.25, -0.2) is 0 Å². The van der Waals surface area contributed by atoms with Crippen LogP contribution in [0.5, 0.6) is 5.75 Å². The van der Waals surface area contributed by atoms with Crippen LogP contribution < -0.4 is 4.74 Å². The standard InChI is InChI=1S/C21H23NO5/c1-12(24)26-17-6-5-15-16-9-13-3-4-14(10-25-11-23)19-18(13)21(15,20(17)27-19)7-8-22(16)2/h3-6,11,15-17,20H,7-10H2,1-2H3/t15-,16+,17-,20?,21-/m0/s1. The van der Waals surface area contributed by atoms with Gasteiger partial charge in [0.15, 0.2) is 6.10 Å². The zero-order valence-corrected chi connectivity index (χ0v) is 15.5. The molecular weight excluding hydrogens is 346 g/mol. The third-order valence-corrected chi connectivity index (χ3v) is 6.84. The molecule has 6 heteroatoms. The van der Waals surface area contributed by atoms with E-state index in [1.54, 1.807) is 0 Å². The molecule has 2 heterocycles. The van der Waals surface area contributed by atoms with Crippen molar-refractivity contribution in [1.82, 2.24) is 4.90 Å². The summed E-state index contributed by atoms with van der Waals surface area (Å²) in [6.45, 7) is 3.07. The number of carbonyl (C=O) groups is 2. The van der Waals surface area contributed by atoms with Gasteiger partial charge in [-0.15, -0.1) is 0 Å². The normalized spacial score (nSPS) is 35.2. The number of esters is 1. The van der Waals surface area contributed by atoms with Crippen molar-refractivity contribution in [3.8, 4) is 5.75 Å². The zero-order chi connectivity index (χ0) is 18.8. The Morgan fingerprint density at radius 1 is 1.41 bits per heavy atom. The van der Waals surface area contributed by atoms with Crippen molar-refractivity contribution in [2.75, 3.05) is 13.6 Å². The molecule has 2 aliphatic heterocycles. The number of hydrogen-bond donors (Lipinski definition) is 0. The second kappa shape index (κ2) is 5.83. The van der Waals surface area contributed by atoms with Crippen LogP contribution in [0.15, 0.2) is 24.3 Å². The molecule has 27 heavy (non-hydrogen) atoms. The minimum Gasteiger partial charge on any atom is -0.484 e. The molecule has 1 aromatic carbocycles. The predicted octanol–water partition coefficient (Wildman–Crippen LogP) is 1.74. The summed E-state index contributed by atoms with van der Waals surface area (Å²) < 4.78 is 17.2. The van der Waals surface area contributed by atoms with E-state index in [0.717, 1.165) is 30.7 Å². The number of ether oxygens (including phenoxy) is 3. The van der Waals surface area contributed by atoms with Crippen LogP contribution in [0, 0.1) is 5.92 Å². The van der Waals surface area contributed by atoms with Gasteiger partial charge in [-0.05, 0) is 38.1 Å². The molecule has 2 bridgehead atoms. The van der Waals surface area contributed by atoms with Crippen molar-refractivity contribution >= 4 is 12.4 Å². The van der Waals surface area contributed by atoms with E-state index in [0.29, 0.717) is 18.4 Å². The molecule has 0 radical (unpaired) electrons. The Balaban J connectivity index is 1.69. The Labute approximate surface area is 158 Å². The molecule has 1 aromatic rings. The van der Waals surface area contributed by atoms with Crippen LogP contribution in [-0.4, -0.2) is 49.2 Å². The van der Waals surface area contributed by atoms with Crippen molar-refractivity contribution in [2.45, 2.75) is 50.0 Å². The summed E-state index contributed by atoms with van der Waals surface area (Å²) in [6, 6.07) is 4.56. The van der Waals surface area contributed by atoms with Gasteiger partial charge >= 0.3 is 5.97 Å². The molecule has 1 saturated heterocycles. The Kier molecular flexibility index (Phi) is 3.63. The van der Waals surface area contributed by atoms with Crippen LogP contribution in [-0.2, 0) is 37.5 Å². The first-order valence-electron chi connectivity index (χ1n) is 9.49. The van der Waals surface area contributed by atoms with E-state index in [9.17, 15) is 9.59 Å². The number of nitrogens with zero attached hydrogens (tertiary/aromatic N) is 1. The van der Waals surface area contributed by atoms with Crippen LogP contribution in [0.25, 0.3) is 0 Å². The lowest BCUT2D eigenvalue weighted by atomic mass is 9.53. The topological polar surface area (TPSA) is 65.1 Å². The number of likely N-dealkylation sites (tertiary alicyclic amines) is 1. The number of benzene rings is 1. The highest BCUT2D eigenvalue weighted by molar-refractivity contribution is 5.67. The summed E-state index contributed by atoms with van der Waals surface area (Å²) in [5.74, 6) is 0.848. The van der Waals surface area contributed by atoms with Gasteiger partial charge < -0.3 is 19.1 Å². The second-order valence-corrected chi connectivity index (χ2v) is 8.06. The van der Waals surface area contributed by atoms with E-state index in [1.807, 2.05) is 12.1 Å². The molecule has 5 atom stereocenters. The fourth-order valence-electron chi connectivity index (χ4n) is 5.82. The van der Waals surface area contributed by atoms with E-state index in [2.05, 4.69) is 24.1 Å². The Morgan fingerprint density at radius 2 is 2.26 bits per heavy atom. The highest BCUT2D eigenvalue weighted by Gasteiger charge is 2.64. The minimum absolute atomic E-state index is 0.188. The van der Waals surface area contributed by atoms with Gasteiger partial charge in [0, 0.05) is 35.4 Å². The lowest BCUT2D eigenvalue weighted by molar-refractivity contribution is -0.152. The average molecular weight is 369 g/mol. The number of hydrogen-bond acceptors (Lipinski definition) is 6. The molecule has 1 fully saturated rings. The molecule has 2 aliphatic carbocycles. The summed E-state index contributed by atoms with van der Waals surface area (Å²) in [7, 11) is 2.19. The number of piperidine rings is 1. The van der Waals surface area contributed by atoms with Crippen molar-refractivity contribution in [1.29, 1.82) is 0 Å². The van der Waals surface area contributed by atoms with E-state index >= 15 is 0 Å². The lowest BCUT2D eigenvalue weighted by Crippen LogP contribution is -2.65. The fourth-order valence-corrected chi connectivity index (χ4v) is 5.82. The molecule has 0 aromatic heterocycles. The van der Waals surface area contributed by atoms with Crippen LogP contribution >= 0.6 is 0 Å². The summed E-state index contributed by atoms with van der Waals surface area (Å²) >= 11 is 0. The molecule has 0 saturated carbocycles. The first-order valence-corrected chi connectivity index (χ1v) is 9.49. The maximum atomic E-state index is 11.7. The summed E-state index contributed by atoms with van der Waals surface area (Å²) in [4.78, 5) is 24.8. The van der Waals surface area contributed by atoms with Gasteiger partial charge in [-0.3, -0.25) is 9.59 Å². The predicted molar refractivity (Wildman–Crippen MR) is 96.3 cm³/mol. The van der Waals surface area contributed by atoms with Gasteiger partial charge in [-0.2, -0.15) is 0 Å². The summed E-state index contributed by atoms with van der Waals surface area (Å²) in [5.41, 5.74) is 3.23. The molecule has 1 spiro atoms. The van der Waals surface area contributed by atoms with Gasteiger partial charge in [0.05, 0.1) is 0 Å². The van der Waals surface area contributed by atoms with Gasteiger partial charge in [0.25, 0.3) is 6.47 Å². The Morgan fingerprint density at radius 3 is 3.04 bits per heavy atom. The van der Waals surface area contributed by atoms with E-state index in [4.69, 9.17) is 14.2 Å². The highest BCUT2D eigenvalue weighted by atomic mass is 16.6. The van der Waals surface area contributed by atoms with Crippen LogP contribution in [0.3, 0.4) is 0 Å². The highest BCUT2D eigenvalue weighted by Crippen LogP contribution is 2.61. The van der Waals surface area contributed by atoms with E-state index in [-0.39, 0.29) is 24.1 Å². The van der Waals surface area contributed by atoms with Crippen molar-refractivity contribution in [3.05, 3.63) is 41.0 Å². The van der Waals surface area contributed by atoms with Crippen molar-refractivity contribution in [2.24, 2.45) is 5.92 Å². The smallest absolute Gasteiger partial charge is 0.303 e. The largest absolute Gasteiger partial charge is 0.484 e. The molecule has 142 valence electrons. The lowest BCUT2D eigenvalue weighted by Gasteiger charge is -2.56. The third kappa shape index (κ3) is 2.16. The number of likely N-dealkylation sites (N-methyl/N-ethyl adjacent to an activating group) is 1. The Bertz CT molecular complexity index is 849. The van der Waals surface area contributed by atoms with E-state index in [1.165, 1.54) is 18.1 Å². The van der Waals surface area contributed by atoms with Gasteiger partial charge in [0.2, 0.25) is 0 Å². The third-order valence-electron chi connectivity index (χ3n) is 6.84. The van der Waals surface area contributed by atoms with E-state index < -0.39 is 6.10 Å². The monoisotopic (exact) mass is 369 g/mol. The van der Waals surface area contributed by atoms with Crippen molar-refractivity contribution in [3.63, 3.8) is 0 Å². The Hall–Kier alpha value is -2.34. The van der Waals surface area contributed by atoms with Crippen LogP contribution in [0.2, 0.25) is 0 Å². The van der Waals surface area contributed by atoms with Crippen LogP contribution in [0.1, 0.15) is 30.0 Å². The molecule has 0 N–H and O–H groups in total. The average Bonchev–Trinajstić information content (AvgIpc) is 2.99. The molecule has 1 unspecified atom stereocenters. The van der Waals surface area contributed by atoms with Crippen molar-refractivity contribution < 1.29 is 23.8 Å². The maximum absolute atomic E-state index is 11.7. The quantitative estimate of drug-likeness (QED) is 0.458. The fraction of sp³-hybridized carbons (Fsp3) is 0.524. The van der Waals surface area contributed by atoms with Gasteiger partial charge in [0.1, 0.15) is 18.5 Å². The zero-order valence-electron chi connectivity index (χ0n) is 15.5. The molecule has 5 rings (SSSR count). The first-order chi connectivity index (χ1) is 13.1. The SMILES string of the molecule is CC(=O)O[C@H]1C=C[C@H]2[C@H]3Cc4ccc(COC=O)c5c4[C@@]2(CCN3C)C1O5. The summed E-state index contributed by atoms with van der Waals surface area (Å²) in [5, 5.41) is 0. The minimum atomic E-state index is -0.402. The molecule has 0 amide bonds. The number of rotatable bonds is 4. The summed E-state index contributed by atoms with van der Waals surface area (Å²) in [6.07, 6.45) is 5.52. The number of carbonyl (C=O) groups excluding carboxylic acids is 2. The maximum Gasteiger partial charge on any atom is 0.303 e. The molecule has 4 aliphatic rings. The van der Waals surface area contributed by atoms with Gasteiger partial charge in [-0.1, -0.05) is 18.2 Å². The van der Waals surface area contributed by atoms with Crippen LogP contribution in [0.4, 0.5) is 0 Å². The molecular formula is C21H23NO5. The first kappa shape index (κ1) is 16.8. The second-order valence-electron chi connectivity index (χ2n) is 8.06.